The molecule has 2 N–H and O–H groups in total. The maximum absolute atomic E-state index is 10.2. The van der Waals surface area contributed by atoms with Crippen LogP contribution in [0.4, 0.5) is 0 Å². The lowest BCUT2D eigenvalue weighted by Crippen LogP contribution is -2.11. The number of rotatable bonds is 5. The first kappa shape index (κ1) is 14.7. The Morgan fingerprint density at radius 1 is 1.38 bits per heavy atom. The van der Waals surface area contributed by atoms with E-state index >= 15 is 0 Å². The van der Waals surface area contributed by atoms with Crippen LogP contribution in [-0.4, -0.2) is 33.2 Å². The van der Waals surface area contributed by atoms with Gasteiger partial charge in [0.1, 0.15) is 0 Å². The van der Waals surface area contributed by atoms with Gasteiger partial charge in [0.2, 0.25) is 0 Å². The Bertz CT molecular complexity index is 578. The van der Waals surface area contributed by atoms with E-state index in [1.165, 1.54) is 6.42 Å². The second-order valence-corrected chi connectivity index (χ2v) is 6.48. The van der Waals surface area contributed by atoms with Crippen LogP contribution in [0.5, 0.6) is 0 Å². The predicted octanol–water partition coefficient (Wildman–Crippen LogP) is 1.93. The second kappa shape index (κ2) is 6.68. The molecule has 1 aliphatic rings. The van der Waals surface area contributed by atoms with Gasteiger partial charge in [-0.15, -0.1) is 5.10 Å². The molecule has 2 atom stereocenters. The third-order valence-electron chi connectivity index (χ3n) is 3.86. The number of aliphatic hydroxyl groups excluding tert-OH is 1. The van der Waals surface area contributed by atoms with Gasteiger partial charge in [0.25, 0.3) is 0 Å². The van der Waals surface area contributed by atoms with Crippen LogP contribution in [0.1, 0.15) is 23.8 Å². The number of aromatic nitrogens is 3. The molecule has 1 aliphatic heterocycles. The zero-order valence-electron chi connectivity index (χ0n) is 11.7. The lowest BCUT2D eigenvalue weighted by atomic mass is 10.0. The monoisotopic (exact) mass is 350 g/mol. The molecule has 1 unspecified atom stereocenters. The first-order valence-corrected chi connectivity index (χ1v) is 8.03. The average Bonchev–Trinajstić information content (AvgIpc) is 3.12. The zero-order valence-corrected chi connectivity index (χ0v) is 13.3. The van der Waals surface area contributed by atoms with Gasteiger partial charge in [-0.3, -0.25) is 0 Å². The molecule has 0 spiro atoms. The first-order valence-electron chi connectivity index (χ1n) is 7.24. The molecule has 5 nitrogen and oxygen atoms in total. The van der Waals surface area contributed by atoms with Gasteiger partial charge in [0, 0.05) is 10.7 Å². The minimum atomic E-state index is -0.569. The highest BCUT2D eigenvalue weighted by Crippen LogP contribution is 2.18. The summed E-state index contributed by atoms with van der Waals surface area (Å²) in [5, 5.41) is 21.9. The van der Waals surface area contributed by atoms with Gasteiger partial charge in [-0.05, 0) is 49.5 Å². The summed E-state index contributed by atoms with van der Waals surface area (Å²) in [6.45, 7) is 2.59. The molecule has 2 heterocycles. The summed E-state index contributed by atoms with van der Waals surface area (Å²) in [5.41, 5.74) is 1.89. The van der Waals surface area contributed by atoms with Gasteiger partial charge < -0.3 is 10.4 Å². The summed E-state index contributed by atoms with van der Waals surface area (Å²) < 4.78 is 2.73. The van der Waals surface area contributed by atoms with E-state index in [9.17, 15) is 5.11 Å². The fourth-order valence-electron chi connectivity index (χ4n) is 2.67. The Morgan fingerprint density at radius 2 is 2.19 bits per heavy atom. The fraction of sp³-hybridized carbons (Fsp3) is 0.467. The molecule has 0 aliphatic carbocycles. The summed E-state index contributed by atoms with van der Waals surface area (Å²) in [7, 11) is 0. The first-order chi connectivity index (χ1) is 10.2. The van der Waals surface area contributed by atoms with Crippen LogP contribution < -0.4 is 5.32 Å². The Hall–Kier alpha value is -1.24. The van der Waals surface area contributed by atoms with E-state index in [0.717, 1.165) is 35.2 Å². The summed E-state index contributed by atoms with van der Waals surface area (Å²) in [4.78, 5) is 0. The molecule has 0 amide bonds. The van der Waals surface area contributed by atoms with E-state index in [-0.39, 0.29) is 0 Å². The molecule has 1 aromatic heterocycles. The highest BCUT2D eigenvalue weighted by Gasteiger charge is 2.17. The molecular formula is C15H19BrN4O. The van der Waals surface area contributed by atoms with Crippen LogP contribution in [0, 0.1) is 5.92 Å². The largest absolute Gasteiger partial charge is 0.386 e. The van der Waals surface area contributed by atoms with Crippen molar-refractivity contribution in [1.29, 1.82) is 0 Å². The van der Waals surface area contributed by atoms with Gasteiger partial charge >= 0.3 is 0 Å². The standard InChI is InChI=1S/C15H19BrN4O/c16-13-3-1-12(2-4-13)15(21)10-20-9-14(18-19-20)7-11-5-6-17-8-11/h1-4,9,11,15,17,21H,5-8,10H2/t11?,15-/m0/s1. The minimum absolute atomic E-state index is 0.428. The van der Waals surface area contributed by atoms with Gasteiger partial charge in [-0.25, -0.2) is 4.68 Å². The number of hydrogen-bond donors (Lipinski definition) is 2. The number of nitrogens with one attached hydrogen (secondary N) is 1. The maximum atomic E-state index is 10.2. The molecule has 0 radical (unpaired) electrons. The van der Waals surface area contributed by atoms with Gasteiger partial charge in [0.05, 0.1) is 18.3 Å². The van der Waals surface area contributed by atoms with E-state index in [0.29, 0.717) is 12.5 Å². The fourth-order valence-corrected chi connectivity index (χ4v) is 2.94. The van der Waals surface area contributed by atoms with Crippen molar-refractivity contribution in [2.45, 2.75) is 25.5 Å². The predicted molar refractivity (Wildman–Crippen MR) is 83.8 cm³/mol. The molecule has 2 aromatic rings. The van der Waals surface area contributed by atoms with E-state index in [2.05, 4.69) is 31.6 Å². The summed E-state index contributed by atoms with van der Waals surface area (Å²) in [6.07, 6.45) is 3.54. The molecule has 21 heavy (non-hydrogen) atoms. The summed E-state index contributed by atoms with van der Waals surface area (Å²) in [6, 6.07) is 7.68. The van der Waals surface area contributed by atoms with E-state index in [4.69, 9.17) is 0 Å². The van der Waals surface area contributed by atoms with Crippen molar-refractivity contribution in [1.82, 2.24) is 20.3 Å². The molecule has 0 bridgehead atoms. The average molecular weight is 351 g/mol. The van der Waals surface area contributed by atoms with Crippen molar-refractivity contribution >= 4 is 15.9 Å². The van der Waals surface area contributed by atoms with Crippen LogP contribution in [0.3, 0.4) is 0 Å². The molecule has 1 saturated heterocycles. The number of nitrogens with zero attached hydrogens (tertiary/aromatic N) is 3. The Labute approximate surface area is 132 Å². The van der Waals surface area contributed by atoms with E-state index in [1.54, 1.807) is 4.68 Å². The van der Waals surface area contributed by atoms with Crippen molar-refractivity contribution < 1.29 is 5.11 Å². The number of aliphatic hydroxyl groups is 1. The Kier molecular flexibility index (Phi) is 4.67. The number of halogens is 1. The quantitative estimate of drug-likeness (QED) is 0.864. The van der Waals surface area contributed by atoms with Crippen molar-refractivity contribution in [3.63, 3.8) is 0 Å². The third-order valence-corrected chi connectivity index (χ3v) is 4.39. The second-order valence-electron chi connectivity index (χ2n) is 5.56. The highest BCUT2D eigenvalue weighted by molar-refractivity contribution is 9.10. The molecule has 0 saturated carbocycles. The van der Waals surface area contributed by atoms with Crippen molar-refractivity contribution in [2.24, 2.45) is 5.92 Å². The molecular weight excluding hydrogens is 332 g/mol. The lowest BCUT2D eigenvalue weighted by molar-refractivity contribution is 0.150. The third kappa shape index (κ3) is 3.90. The molecule has 1 fully saturated rings. The van der Waals surface area contributed by atoms with Crippen LogP contribution >= 0.6 is 15.9 Å². The van der Waals surface area contributed by atoms with Gasteiger partial charge in [-0.2, -0.15) is 0 Å². The summed E-state index contributed by atoms with van der Waals surface area (Å²) >= 11 is 3.39. The maximum Gasteiger partial charge on any atom is 0.0986 e. The minimum Gasteiger partial charge on any atom is -0.386 e. The van der Waals surface area contributed by atoms with Crippen LogP contribution in [0.2, 0.25) is 0 Å². The number of benzene rings is 1. The lowest BCUT2D eigenvalue weighted by Gasteiger charge is -2.10. The molecule has 6 heteroatoms. The van der Waals surface area contributed by atoms with Crippen molar-refractivity contribution in [3.05, 3.63) is 46.2 Å². The van der Waals surface area contributed by atoms with Crippen LogP contribution in [0.25, 0.3) is 0 Å². The van der Waals surface area contributed by atoms with E-state index < -0.39 is 6.10 Å². The Balaban J connectivity index is 1.59. The van der Waals surface area contributed by atoms with Crippen molar-refractivity contribution in [2.75, 3.05) is 13.1 Å². The smallest absolute Gasteiger partial charge is 0.0986 e. The van der Waals surface area contributed by atoms with Gasteiger partial charge in [0.15, 0.2) is 0 Å². The summed E-state index contributed by atoms with van der Waals surface area (Å²) in [5.74, 6) is 0.659. The normalized spacial score (nSPS) is 19.8. The van der Waals surface area contributed by atoms with Crippen LogP contribution in [-0.2, 0) is 13.0 Å². The van der Waals surface area contributed by atoms with Crippen LogP contribution in [0.15, 0.2) is 34.9 Å². The Morgan fingerprint density at radius 3 is 2.90 bits per heavy atom. The topological polar surface area (TPSA) is 63.0 Å². The van der Waals surface area contributed by atoms with E-state index in [1.807, 2.05) is 30.5 Å². The van der Waals surface area contributed by atoms with Gasteiger partial charge in [-0.1, -0.05) is 33.3 Å². The highest BCUT2D eigenvalue weighted by atomic mass is 79.9. The molecule has 1 aromatic carbocycles. The molecule has 112 valence electrons. The SMILES string of the molecule is O[C@@H](Cn1cc(CC2CCNC2)nn1)c1ccc(Br)cc1. The zero-order chi connectivity index (χ0) is 14.7. The number of hydrogen-bond acceptors (Lipinski definition) is 4. The molecule has 3 rings (SSSR count). The van der Waals surface area contributed by atoms with Crippen molar-refractivity contribution in [3.8, 4) is 0 Å².